The summed E-state index contributed by atoms with van der Waals surface area (Å²) in [6.45, 7) is 0. The van der Waals surface area contributed by atoms with E-state index in [1.54, 1.807) is 0 Å². The first-order valence-electron chi connectivity index (χ1n) is 3.47. The number of aliphatic imine (C=N–C) groups is 2. The minimum atomic E-state index is -0.362. The Morgan fingerprint density at radius 1 is 1.17 bits per heavy atom. The summed E-state index contributed by atoms with van der Waals surface area (Å²) in [4.78, 5) is 27.1. The molecule has 12 heavy (non-hydrogen) atoms. The van der Waals surface area contributed by atoms with E-state index < -0.39 is 0 Å². The third kappa shape index (κ3) is 2.05. The highest BCUT2D eigenvalue weighted by molar-refractivity contribution is 8.18. The fourth-order valence-corrected chi connectivity index (χ4v) is 3.09. The van der Waals surface area contributed by atoms with E-state index in [0.29, 0.717) is 0 Å². The van der Waals surface area contributed by atoms with Crippen molar-refractivity contribution in [3.63, 3.8) is 0 Å². The molecule has 0 N–H and O–H groups in total. The standard InChI is InChI=1S/C7H9N2O2S/c1-12-2-6(8-4-10)7(3-12)9-5-11/h6-7,12H,1-3H2. The first kappa shape index (κ1) is 9.20. The zero-order chi connectivity index (χ0) is 8.97. The second kappa shape index (κ2) is 4.21. The van der Waals surface area contributed by atoms with Crippen molar-refractivity contribution in [2.75, 3.05) is 11.5 Å². The van der Waals surface area contributed by atoms with Crippen LogP contribution in [0, 0.1) is 6.26 Å². The molecule has 0 aromatic heterocycles. The zero-order valence-electron chi connectivity index (χ0n) is 6.43. The lowest BCUT2D eigenvalue weighted by molar-refractivity contribution is 0.544. The average molecular weight is 185 g/mol. The summed E-state index contributed by atoms with van der Waals surface area (Å²) in [6.07, 6.45) is 6.86. The van der Waals surface area contributed by atoms with Gasteiger partial charge in [0.2, 0.25) is 12.2 Å². The van der Waals surface area contributed by atoms with E-state index in [1.165, 1.54) is 12.2 Å². The number of hydrogen-bond acceptors (Lipinski definition) is 4. The lowest BCUT2D eigenvalue weighted by Crippen LogP contribution is -2.19. The molecule has 1 rings (SSSR count). The first-order chi connectivity index (χ1) is 5.77. The van der Waals surface area contributed by atoms with Gasteiger partial charge < -0.3 is 0 Å². The predicted molar refractivity (Wildman–Crippen MR) is 47.9 cm³/mol. The normalized spacial score (nSPS) is 36.6. The van der Waals surface area contributed by atoms with Gasteiger partial charge in [-0.3, -0.25) is 0 Å². The van der Waals surface area contributed by atoms with Crippen LogP contribution in [0.15, 0.2) is 9.98 Å². The van der Waals surface area contributed by atoms with Crippen LogP contribution in [-0.4, -0.2) is 35.7 Å². The van der Waals surface area contributed by atoms with Crippen LogP contribution in [-0.2, 0) is 9.59 Å². The van der Waals surface area contributed by atoms with Gasteiger partial charge in [0.1, 0.15) is 0 Å². The second-order valence-electron chi connectivity index (χ2n) is 2.61. The Morgan fingerprint density at radius 2 is 1.58 bits per heavy atom. The molecule has 0 aromatic carbocycles. The van der Waals surface area contributed by atoms with Crippen molar-refractivity contribution in [3.8, 4) is 0 Å². The van der Waals surface area contributed by atoms with Gasteiger partial charge in [-0.25, -0.2) is 20.5 Å². The summed E-state index contributed by atoms with van der Waals surface area (Å²) in [5.74, 6) is 1.53. The molecule has 0 bridgehead atoms. The number of isocyanates is 2. The van der Waals surface area contributed by atoms with Gasteiger partial charge in [-0.2, -0.15) is 9.98 Å². The largest absolute Gasteiger partial charge is 0.248 e. The van der Waals surface area contributed by atoms with Crippen molar-refractivity contribution in [1.29, 1.82) is 0 Å². The third-order valence-electron chi connectivity index (χ3n) is 1.77. The highest BCUT2D eigenvalue weighted by atomic mass is 32.2. The number of carbonyl (C=O) groups excluding carboxylic acids is 2. The van der Waals surface area contributed by atoms with Crippen molar-refractivity contribution in [3.05, 3.63) is 6.26 Å². The van der Waals surface area contributed by atoms with E-state index in [1.807, 2.05) is 0 Å². The second-order valence-corrected chi connectivity index (χ2v) is 4.68. The molecule has 0 aromatic rings. The number of thiol groups is 1. The molecule has 1 saturated heterocycles. The Labute approximate surface area is 73.1 Å². The molecular weight excluding hydrogens is 176 g/mol. The Bertz CT molecular complexity index is 230. The summed E-state index contributed by atoms with van der Waals surface area (Å²) >= 11 is 0. The molecule has 1 aliphatic rings. The van der Waals surface area contributed by atoms with Crippen molar-refractivity contribution in [2.45, 2.75) is 12.1 Å². The van der Waals surface area contributed by atoms with Crippen LogP contribution >= 0.6 is 10.9 Å². The first-order valence-corrected chi connectivity index (χ1v) is 5.37. The quantitative estimate of drug-likeness (QED) is 0.379. The molecule has 65 valence electrons. The van der Waals surface area contributed by atoms with E-state index in [0.717, 1.165) is 11.5 Å². The van der Waals surface area contributed by atoms with Crippen LogP contribution in [0.5, 0.6) is 0 Å². The van der Waals surface area contributed by atoms with Gasteiger partial charge in [0.15, 0.2) is 0 Å². The molecule has 2 unspecified atom stereocenters. The lowest BCUT2D eigenvalue weighted by Gasteiger charge is -2.03. The molecule has 0 saturated carbocycles. The van der Waals surface area contributed by atoms with Crippen molar-refractivity contribution in [1.82, 2.24) is 0 Å². The van der Waals surface area contributed by atoms with Gasteiger partial charge in [-0.1, -0.05) is 0 Å². The summed E-state index contributed by atoms with van der Waals surface area (Å²) in [5.41, 5.74) is 0. The van der Waals surface area contributed by atoms with Crippen LogP contribution in [0.1, 0.15) is 0 Å². The fourth-order valence-electron chi connectivity index (χ4n) is 1.24. The molecule has 1 heterocycles. The van der Waals surface area contributed by atoms with Gasteiger partial charge in [-0.15, -0.1) is 0 Å². The number of rotatable bonds is 2. The number of nitrogens with zero attached hydrogens (tertiary/aromatic N) is 2. The summed E-state index contributed by atoms with van der Waals surface area (Å²) < 4.78 is 0. The highest BCUT2D eigenvalue weighted by Gasteiger charge is 2.30. The van der Waals surface area contributed by atoms with E-state index in [4.69, 9.17) is 0 Å². The maximum absolute atomic E-state index is 9.97. The van der Waals surface area contributed by atoms with Crippen LogP contribution < -0.4 is 0 Å². The molecule has 2 atom stereocenters. The van der Waals surface area contributed by atoms with E-state index >= 15 is 0 Å². The number of hydrogen-bond donors (Lipinski definition) is 1. The summed E-state index contributed by atoms with van der Waals surface area (Å²) in [5, 5.41) is 0. The minimum Gasteiger partial charge on any atom is -0.248 e. The Balaban J connectivity index is 2.71. The highest BCUT2D eigenvalue weighted by Crippen LogP contribution is 2.35. The van der Waals surface area contributed by atoms with Crippen LogP contribution in [0.4, 0.5) is 0 Å². The third-order valence-corrected chi connectivity index (χ3v) is 3.55. The topological polar surface area (TPSA) is 58.9 Å². The fraction of sp³-hybridized carbons (Fsp3) is 0.571. The van der Waals surface area contributed by atoms with Gasteiger partial charge in [0.25, 0.3) is 0 Å². The van der Waals surface area contributed by atoms with E-state index in [2.05, 4.69) is 16.2 Å². The molecule has 1 fully saturated rings. The molecular formula is C7H9N2O2S. The molecule has 0 amide bonds. The van der Waals surface area contributed by atoms with E-state index in [-0.39, 0.29) is 23.0 Å². The van der Waals surface area contributed by atoms with Crippen LogP contribution in [0.25, 0.3) is 0 Å². The molecule has 0 aliphatic carbocycles. The SMILES string of the molecule is [CH2][SH]1CC(N=C=O)C(N=C=O)C1. The summed E-state index contributed by atoms with van der Waals surface area (Å²) in [6, 6.07) is -0.375. The smallest absolute Gasteiger partial charge is 0.235 e. The Kier molecular flexibility index (Phi) is 3.23. The molecule has 1 aliphatic heterocycles. The predicted octanol–water partition coefficient (Wildman–Crippen LogP) is 0.202. The van der Waals surface area contributed by atoms with Gasteiger partial charge in [-0.05, 0) is 6.26 Å². The van der Waals surface area contributed by atoms with E-state index in [9.17, 15) is 9.59 Å². The van der Waals surface area contributed by atoms with Crippen LogP contribution in [0.2, 0.25) is 0 Å². The lowest BCUT2D eigenvalue weighted by atomic mass is 10.2. The Hall–Kier alpha value is -0.890. The maximum atomic E-state index is 9.97. The van der Waals surface area contributed by atoms with Gasteiger partial charge in [0.05, 0.1) is 12.1 Å². The average Bonchev–Trinajstić information content (AvgIpc) is 2.33. The van der Waals surface area contributed by atoms with Crippen LogP contribution in [0.3, 0.4) is 0 Å². The van der Waals surface area contributed by atoms with Gasteiger partial charge in [0, 0.05) is 11.5 Å². The van der Waals surface area contributed by atoms with Gasteiger partial charge >= 0.3 is 0 Å². The summed E-state index contributed by atoms with van der Waals surface area (Å²) in [7, 11) is -0.362. The zero-order valence-corrected chi connectivity index (χ0v) is 7.33. The van der Waals surface area contributed by atoms with Crippen molar-refractivity contribution >= 4 is 23.1 Å². The minimum absolute atomic E-state index is 0.187. The maximum Gasteiger partial charge on any atom is 0.235 e. The monoisotopic (exact) mass is 185 g/mol. The van der Waals surface area contributed by atoms with Crippen molar-refractivity contribution < 1.29 is 9.59 Å². The molecule has 0 spiro atoms. The molecule has 1 radical (unpaired) electrons. The molecule has 4 nitrogen and oxygen atoms in total. The Morgan fingerprint density at radius 3 is 1.92 bits per heavy atom. The molecule has 5 heteroatoms. The van der Waals surface area contributed by atoms with Crippen molar-refractivity contribution in [2.24, 2.45) is 9.98 Å².